The molecule has 0 unspecified atom stereocenters. The maximum absolute atomic E-state index is 11.6. The Balaban J connectivity index is 1.98. The van der Waals surface area contributed by atoms with E-state index in [-0.39, 0.29) is 5.56 Å². The van der Waals surface area contributed by atoms with Gasteiger partial charge in [0, 0.05) is 17.6 Å². The zero-order valence-corrected chi connectivity index (χ0v) is 13.1. The Labute approximate surface area is 127 Å². The molecule has 1 aromatic heterocycles. The minimum atomic E-state index is -0.0670. The van der Waals surface area contributed by atoms with Crippen LogP contribution in [-0.2, 0) is 11.5 Å². The van der Waals surface area contributed by atoms with Crippen molar-refractivity contribution in [3.63, 3.8) is 0 Å². The van der Waals surface area contributed by atoms with Crippen LogP contribution in [0.5, 0.6) is 0 Å². The highest BCUT2D eigenvalue weighted by atomic mass is 32.2. The van der Waals surface area contributed by atoms with E-state index in [1.165, 1.54) is 5.56 Å². The number of benzene rings is 1. The van der Waals surface area contributed by atoms with Crippen molar-refractivity contribution in [3.8, 4) is 0 Å². The fourth-order valence-electron chi connectivity index (χ4n) is 1.67. The number of hydrogen-bond acceptors (Lipinski definition) is 4. The Hall–Kier alpha value is -1.20. The summed E-state index contributed by atoms with van der Waals surface area (Å²) in [5, 5.41) is 0.702. The molecule has 0 atom stereocenters. The summed E-state index contributed by atoms with van der Waals surface area (Å²) in [7, 11) is 0. The zero-order valence-electron chi connectivity index (χ0n) is 11.5. The van der Waals surface area contributed by atoms with E-state index in [4.69, 9.17) is 0 Å². The highest BCUT2D eigenvalue weighted by Crippen LogP contribution is 2.19. The second-order valence-electron chi connectivity index (χ2n) is 4.37. The molecule has 0 aliphatic rings. The van der Waals surface area contributed by atoms with Gasteiger partial charge in [-0.3, -0.25) is 4.79 Å². The lowest BCUT2D eigenvalue weighted by Crippen LogP contribution is -2.09. The minimum absolute atomic E-state index is 0.0670. The van der Waals surface area contributed by atoms with Crippen molar-refractivity contribution < 1.29 is 0 Å². The van der Waals surface area contributed by atoms with Gasteiger partial charge in [0.1, 0.15) is 0 Å². The Morgan fingerprint density at radius 2 is 2.00 bits per heavy atom. The molecule has 5 heteroatoms. The molecular weight excluding hydrogens is 288 g/mol. The van der Waals surface area contributed by atoms with Gasteiger partial charge < -0.3 is 4.98 Å². The van der Waals surface area contributed by atoms with Gasteiger partial charge in [0.25, 0.3) is 5.56 Å². The van der Waals surface area contributed by atoms with E-state index < -0.39 is 0 Å². The minimum Gasteiger partial charge on any atom is -0.301 e. The van der Waals surface area contributed by atoms with Gasteiger partial charge in [0.2, 0.25) is 0 Å². The summed E-state index contributed by atoms with van der Waals surface area (Å²) in [6.07, 6.45) is 1.14. The van der Waals surface area contributed by atoms with Crippen LogP contribution < -0.4 is 5.56 Å². The lowest BCUT2D eigenvalue weighted by atomic mass is 10.2. The van der Waals surface area contributed by atoms with Crippen LogP contribution in [0.3, 0.4) is 0 Å². The molecule has 3 nitrogen and oxygen atoms in total. The normalized spacial score (nSPS) is 10.7. The molecule has 0 amide bonds. The molecule has 0 aliphatic heterocycles. The first-order chi connectivity index (χ1) is 9.78. The highest BCUT2D eigenvalue weighted by Gasteiger charge is 2.03. The number of thioether (sulfide) groups is 2. The van der Waals surface area contributed by atoms with Crippen molar-refractivity contribution in [3.05, 3.63) is 58.0 Å². The van der Waals surface area contributed by atoms with Crippen molar-refractivity contribution in [2.24, 2.45) is 0 Å². The summed E-state index contributed by atoms with van der Waals surface area (Å²) >= 11 is 3.38. The van der Waals surface area contributed by atoms with Crippen molar-refractivity contribution in [2.45, 2.75) is 30.0 Å². The standard InChI is InChI=1S/C15H18N2OS2/c1-2-8-19-11-13-9-14(18)17-15(16-13)20-10-12-6-4-3-5-7-12/h3-7,9H,2,8,10-11H2,1H3,(H,16,17,18). The van der Waals surface area contributed by atoms with Crippen LogP contribution in [0.2, 0.25) is 0 Å². The average molecular weight is 306 g/mol. The Morgan fingerprint density at radius 3 is 2.75 bits per heavy atom. The van der Waals surface area contributed by atoms with E-state index in [0.717, 1.165) is 29.4 Å². The molecular formula is C15H18N2OS2. The maximum Gasteiger partial charge on any atom is 0.251 e. The highest BCUT2D eigenvalue weighted by molar-refractivity contribution is 7.98. The fourth-order valence-corrected chi connectivity index (χ4v) is 3.31. The molecule has 2 aromatic rings. The Bertz CT molecular complexity index is 584. The van der Waals surface area contributed by atoms with Gasteiger partial charge >= 0.3 is 0 Å². The summed E-state index contributed by atoms with van der Waals surface area (Å²) in [6, 6.07) is 11.8. The number of aromatic amines is 1. The van der Waals surface area contributed by atoms with E-state index in [2.05, 4.69) is 29.0 Å². The number of nitrogens with zero attached hydrogens (tertiary/aromatic N) is 1. The summed E-state index contributed by atoms with van der Waals surface area (Å²) in [6.45, 7) is 2.15. The molecule has 0 spiro atoms. The number of hydrogen-bond donors (Lipinski definition) is 1. The van der Waals surface area contributed by atoms with Crippen LogP contribution in [0.4, 0.5) is 0 Å². The van der Waals surface area contributed by atoms with Crippen LogP contribution in [0, 0.1) is 0 Å². The number of H-pyrrole nitrogens is 1. The van der Waals surface area contributed by atoms with E-state index in [0.29, 0.717) is 5.16 Å². The summed E-state index contributed by atoms with van der Waals surface area (Å²) < 4.78 is 0. The third kappa shape index (κ3) is 5.06. The van der Waals surface area contributed by atoms with Crippen LogP contribution in [-0.4, -0.2) is 15.7 Å². The monoisotopic (exact) mass is 306 g/mol. The first-order valence-corrected chi connectivity index (χ1v) is 8.76. The van der Waals surface area contributed by atoms with E-state index in [1.807, 2.05) is 30.0 Å². The van der Waals surface area contributed by atoms with E-state index in [9.17, 15) is 4.79 Å². The Kier molecular flexibility index (Phi) is 6.21. The second-order valence-corrected chi connectivity index (χ2v) is 6.44. The quantitative estimate of drug-likeness (QED) is 0.481. The van der Waals surface area contributed by atoms with Crippen LogP contribution in [0.1, 0.15) is 24.6 Å². The smallest absolute Gasteiger partial charge is 0.251 e. The molecule has 0 radical (unpaired) electrons. The fraction of sp³-hybridized carbons (Fsp3) is 0.333. The van der Waals surface area contributed by atoms with Gasteiger partial charge in [0.15, 0.2) is 5.16 Å². The number of nitrogens with one attached hydrogen (secondary N) is 1. The van der Waals surface area contributed by atoms with Crippen molar-refractivity contribution in [2.75, 3.05) is 5.75 Å². The number of rotatable bonds is 7. The van der Waals surface area contributed by atoms with Crippen LogP contribution in [0.25, 0.3) is 0 Å². The largest absolute Gasteiger partial charge is 0.301 e. The average Bonchev–Trinajstić information content (AvgIpc) is 2.46. The first-order valence-electron chi connectivity index (χ1n) is 6.62. The van der Waals surface area contributed by atoms with Crippen molar-refractivity contribution >= 4 is 23.5 Å². The van der Waals surface area contributed by atoms with Gasteiger partial charge in [-0.15, -0.1) is 0 Å². The molecule has 2 rings (SSSR count). The number of aromatic nitrogens is 2. The summed E-state index contributed by atoms with van der Waals surface area (Å²) in [5.41, 5.74) is 2.02. The SMILES string of the molecule is CCCSCc1cc(=O)[nH]c(SCc2ccccc2)n1. The van der Waals surface area contributed by atoms with Gasteiger partial charge in [0.05, 0.1) is 5.69 Å². The summed E-state index contributed by atoms with van der Waals surface area (Å²) in [5.74, 6) is 2.72. The zero-order chi connectivity index (χ0) is 14.2. The van der Waals surface area contributed by atoms with Gasteiger partial charge in [-0.1, -0.05) is 49.0 Å². The van der Waals surface area contributed by atoms with Gasteiger partial charge in [-0.25, -0.2) is 4.98 Å². The lowest BCUT2D eigenvalue weighted by molar-refractivity contribution is 0.899. The molecule has 0 saturated heterocycles. The summed E-state index contributed by atoms with van der Waals surface area (Å²) in [4.78, 5) is 18.9. The molecule has 1 heterocycles. The van der Waals surface area contributed by atoms with Gasteiger partial charge in [-0.05, 0) is 17.7 Å². The second kappa shape index (κ2) is 8.17. The maximum atomic E-state index is 11.6. The van der Waals surface area contributed by atoms with E-state index in [1.54, 1.807) is 17.8 Å². The van der Waals surface area contributed by atoms with Gasteiger partial charge in [-0.2, -0.15) is 11.8 Å². The Morgan fingerprint density at radius 1 is 1.20 bits per heavy atom. The first kappa shape index (κ1) is 15.2. The van der Waals surface area contributed by atoms with Crippen molar-refractivity contribution in [1.29, 1.82) is 0 Å². The topological polar surface area (TPSA) is 45.8 Å². The molecule has 0 bridgehead atoms. The van der Waals surface area contributed by atoms with Crippen LogP contribution in [0.15, 0.2) is 46.3 Å². The van der Waals surface area contributed by atoms with E-state index >= 15 is 0 Å². The molecule has 1 N–H and O–H groups in total. The molecule has 106 valence electrons. The third-order valence-corrected chi connectivity index (χ3v) is 4.73. The molecule has 0 fully saturated rings. The van der Waals surface area contributed by atoms with Crippen LogP contribution >= 0.6 is 23.5 Å². The molecule has 20 heavy (non-hydrogen) atoms. The van der Waals surface area contributed by atoms with Crippen molar-refractivity contribution in [1.82, 2.24) is 9.97 Å². The predicted octanol–water partition coefficient (Wildman–Crippen LogP) is 3.71. The third-order valence-electron chi connectivity index (χ3n) is 2.59. The molecule has 1 aromatic carbocycles. The molecule has 0 aliphatic carbocycles. The predicted molar refractivity (Wildman–Crippen MR) is 87.3 cm³/mol. The lowest BCUT2D eigenvalue weighted by Gasteiger charge is -2.04. The molecule has 0 saturated carbocycles.